The number of aliphatic hydroxyl groups is 1. The molecule has 46 heavy (non-hydrogen) atoms. The average Bonchev–Trinajstić information content (AvgIpc) is 3.74. The van der Waals surface area contributed by atoms with Crippen molar-refractivity contribution >= 4 is 15.9 Å². The molecule has 0 bridgehead atoms. The van der Waals surface area contributed by atoms with Crippen LogP contribution in [-0.4, -0.2) is 77.8 Å². The van der Waals surface area contributed by atoms with Gasteiger partial charge in [-0.05, 0) is 86.8 Å². The van der Waals surface area contributed by atoms with Crippen LogP contribution >= 0.6 is 0 Å². The van der Waals surface area contributed by atoms with Crippen molar-refractivity contribution in [3.63, 3.8) is 0 Å². The Bertz CT molecular complexity index is 1740. The highest BCUT2D eigenvalue weighted by Crippen LogP contribution is 2.35. The molecule has 4 aromatic rings. The third-order valence-electron chi connectivity index (χ3n) is 9.04. The van der Waals surface area contributed by atoms with Gasteiger partial charge in [0, 0.05) is 38.0 Å². The van der Waals surface area contributed by atoms with E-state index in [0.717, 1.165) is 49.3 Å². The molecule has 2 fully saturated rings. The summed E-state index contributed by atoms with van der Waals surface area (Å²) in [5.41, 5.74) is 4.45. The van der Waals surface area contributed by atoms with Crippen molar-refractivity contribution in [3.05, 3.63) is 113 Å². The number of likely N-dealkylation sites (tertiary alicyclic amines) is 2. The van der Waals surface area contributed by atoms with Crippen molar-refractivity contribution in [3.8, 4) is 5.69 Å². The lowest BCUT2D eigenvalue weighted by atomic mass is 9.90. The molecule has 11 heteroatoms. The molecule has 0 radical (unpaired) electrons. The van der Waals surface area contributed by atoms with Crippen LogP contribution in [-0.2, 0) is 16.6 Å². The molecule has 2 N–H and O–H groups in total. The minimum atomic E-state index is -3.69. The summed E-state index contributed by atoms with van der Waals surface area (Å²) in [5, 5.41) is 14.1. The molecule has 0 aliphatic carbocycles. The molecule has 9 nitrogen and oxygen atoms in total. The summed E-state index contributed by atoms with van der Waals surface area (Å²) >= 11 is 0. The van der Waals surface area contributed by atoms with Crippen LogP contribution in [0.5, 0.6) is 0 Å². The fraction of sp³-hybridized carbons (Fsp3) is 0.371. The third kappa shape index (κ3) is 7.23. The van der Waals surface area contributed by atoms with Crippen molar-refractivity contribution in [1.82, 2.24) is 24.3 Å². The van der Waals surface area contributed by atoms with E-state index in [1.54, 1.807) is 30.5 Å². The van der Waals surface area contributed by atoms with E-state index in [1.165, 1.54) is 24.6 Å². The lowest BCUT2D eigenvalue weighted by molar-refractivity contribution is 0.0788. The van der Waals surface area contributed by atoms with Gasteiger partial charge in [-0.25, -0.2) is 22.2 Å². The Morgan fingerprint density at radius 2 is 1.63 bits per heavy atom. The predicted octanol–water partition coefficient (Wildman–Crippen LogP) is 4.68. The van der Waals surface area contributed by atoms with Crippen molar-refractivity contribution in [2.75, 3.05) is 32.7 Å². The number of halogens is 1. The van der Waals surface area contributed by atoms with Crippen LogP contribution in [0.2, 0.25) is 0 Å². The Labute approximate surface area is 269 Å². The van der Waals surface area contributed by atoms with Crippen LogP contribution in [0.3, 0.4) is 0 Å². The van der Waals surface area contributed by atoms with E-state index in [0.29, 0.717) is 31.1 Å². The van der Waals surface area contributed by atoms with E-state index in [2.05, 4.69) is 26.9 Å². The summed E-state index contributed by atoms with van der Waals surface area (Å²) in [4.78, 5) is 18.4. The van der Waals surface area contributed by atoms with E-state index >= 15 is 0 Å². The maximum absolute atomic E-state index is 14.0. The predicted molar refractivity (Wildman–Crippen MR) is 174 cm³/mol. The van der Waals surface area contributed by atoms with Gasteiger partial charge in [0.1, 0.15) is 5.82 Å². The number of sulfonamides is 1. The van der Waals surface area contributed by atoms with Crippen LogP contribution in [0.1, 0.15) is 65.2 Å². The Balaban J connectivity index is 1.16. The summed E-state index contributed by atoms with van der Waals surface area (Å²) in [5.74, 6) is 0.0522. The second-order valence-corrected chi connectivity index (χ2v) is 14.1. The second-order valence-electron chi connectivity index (χ2n) is 12.4. The van der Waals surface area contributed by atoms with Gasteiger partial charge in [-0.15, -0.1) is 0 Å². The quantitative estimate of drug-likeness (QED) is 0.260. The Hall–Kier alpha value is -3.90. The zero-order chi connectivity index (χ0) is 32.3. The molecule has 6 rings (SSSR count). The van der Waals surface area contributed by atoms with E-state index in [4.69, 9.17) is 0 Å². The van der Waals surface area contributed by atoms with Crippen LogP contribution in [0.15, 0.2) is 90.0 Å². The maximum atomic E-state index is 14.0. The highest BCUT2D eigenvalue weighted by Gasteiger charge is 2.34. The Morgan fingerprint density at radius 1 is 0.957 bits per heavy atom. The number of benzene rings is 3. The van der Waals surface area contributed by atoms with E-state index in [1.807, 2.05) is 39.9 Å². The highest BCUT2D eigenvalue weighted by atomic mass is 32.2. The molecule has 1 amide bonds. The fourth-order valence-electron chi connectivity index (χ4n) is 6.53. The summed E-state index contributed by atoms with van der Waals surface area (Å²) < 4.78 is 43.0. The highest BCUT2D eigenvalue weighted by molar-refractivity contribution is 7.89. The van der Waals surface area contributed by atoms with Crippen LogP contribution in [0.25, 0.3) is 5.69 Å². The number of hydrogen-bond acceptors (Lipinski definition) is 6. The number of hydrogen-bond donors (Lipinski definition) is 2. The molecule has 0 saturated carbocycles. The molecule has 2 aliphatic rings. The van der Waals surface area contributed by atoms with Crippen molar-refractivity contribution < 1.29 is 22.7 Å². The smallest absolute Gasteiger partial charge is 0.257 e. The monoisotopic (exact) mass is 645 g/mol. The number of nitrogens with one attached hydrogen (secondary N) is 1. The van der Waals surface area contributed by atoms with Crippen LogP contribution < -0.4 is 4.72 Å². The summed E-state index contributed by atoms with van der Waals surface area (Å²) in [6, 6.07) is 23.4. The number of nitrogens with zero attached hydrogens (tertiary/aromatic N) is 4. The molecule has 2 atom stereocenters. The molecule has 3 heterocycles. The zero-order valence-electron chi connectivity index (χ0n) is 25.9. The van der Waals surface area contributed by atoms with E-state index in [-0.39, 0.29) is 29.1 Å². The standard InChI is InChI=1S/C35H40FN5O4S/c1-25(42)21-38-46(44,45)32-13-7-26(8-14-32)23-39-18-15-28(16-19-39)34-33(22-37-41(34)31-11-9-30(36)10-12-31)35(43)40-20-17-29(24-40)27-5-3-2-4-6-27/h2-14,22,25,28-29,38,42H,15-21,23-24H2,1H3/t25?,29-/m0/s1. The number of aliphatic hydroxyl groups excluding tert-OH is 1. The maximum Gasteiger partial charge on any atom is 0.257 e. The number of carbonyl (C=O) groups is 1. The molecule has 2 saturated heterocycles. The molecule has 242 valence electrons. The minimum Gasteiger partial charge on any atom is -0.392 e. The Kier molecular flexibility index (Phi) is 9.65. The SMILES string of the molecule is CC(O)CNS(=O)(=O)c1ccc(CN2CCC(c3c(C(=O)N4CC[C@H](c5ccccc5)C4)cnn3-c3ccc(F)cc3)CC2)cc1. The topological polar surface area (TPSA) is 108 Å². The van der Waals surface area contributed by atoms with Gasteiger partial charge >= 0.3 is 0 Å². The van der Waals surface area contributed by atoms with Gasteiger partial charge in [0.25, 0.3) is 5.91 Å². The molecular formula is C35H40FN5O4S. The fourth-order valence-corrected chi connectivity index (χ4v) is 7.65. The van der Waals surface area contributed by atoms with Gasteiger partial charge < -0.3 is 10.0 Å². The summed E-state index contributed by atoms with van der Waals surface area (Å²) in [6.07, 6.45) is 3.45. The van der Waals surface area contributed by atoms with E-state index < -0.39 is 16.1 Å². The van der Waals surface area contributed by atoms with Gasteiger partial charge in [0.15, 0.2) is 0 Å². The van der Waals surface area contributed by atoms with Crippen LogP contribution in [0.4, 0.5) is 4.39 Å². The first-order valence-corrected chi connectivity index (χ1v) is 17.3. The molecule has 1 aromatic heterocycles. The van der Waals surface area contributed by atoms with Gasteiger partial charge in [-0.2, -0.15) is 5.10 Å². The number of aromatic nitrogens is 2. The number of rotatable bonds is 10. The minimum absolute atomic E-state index is 0.0119. The zero-order valence-corrected chi connectivity index (χ0v) is 26.7. The lowest BCUT2D eigenvalue weighted by Gasteiger charge is -2.33. The normalized spacial score (nSPS) is 18.6. The van der Waals surface area contributed by atoms with Gasteiger partial charge in [0.05, 0.1) is 34.1 Å². The first-order valence-electron chi connectivity index (χ1n) is 15.8. The average molecular weight is 646 g/mol. The number of amides is 1. The molecule has 3 aromatic carbocycles. The summed E-state index contributed by atoms with van der Waals surface area (Å²) in [6.45, 7) is 5.10. The van der Waals surface area contributed by atoms with E-state index in [9.17, 15) is 22.7 Å². The third-order valence-corrected chi connectivity index (χ3v) is 10.5. The summed E-state index contributed by atoms with van der Waals surface area (Å²) in [7, 11) is -3.69. The lowest BCUT2D eigenvalue weighted by Crippen LogP contribution is -2.34. The Morgan fingerprint density at radius 3 is 2.30 bits per heavy atom. The molecular weight excluding hydrogens is 605 g/mol. The van der Waals surface area contributed by atoms with Crippen LogP contribution in [0, 0.1) is 5.82 Å². The van der Waals surface area contributed by atoms with Crippen molar-refractivity contribution in [2.24, 2.45) is 0 Å². The molecule has 1 unspecified atom stereocenters. The molecule has 0 spiro atoms. The van der Waals surface area contributed by atoms with Gasteiger partial charge in [-0.1, -0.05) is 42.5 Å². The van der Waals surface area contributed by atoms with Gasteiger partial charge in [-0.3, -0.25) is 9.69 Å². The second kappa shape index (κ2) is 13.8. The first kappa shape index (κ1) is 32.1. The van der Waals surface area contributed by atoms with Gasteiger partial charge in [0.2, 0.25) is 10.0 Å². The largest absolute Gasteiger partial charge is 0.392 e. The number of carbonyl (C=O) groups excluding carboxylic acids is 1. The van der Waals surface area contributed by atoms with Crippen molar-refractivity contribution in [2.45, 2.75) is 55.6 Å². The number of piperidine rings is 1. The molecule has 2 aliphatic heterocycles. The van der Waals surface area contributed by atoms with Crippen molar-refractivity contribution in [1.29, 1.82) is 0 Å². The first-order chi connectivity index (χ1) is 22.2.